The molecule has 1 amide bonds. The molecule has 0 radical (unpaired) electrons. The fraction of sp³-hybridized carbons (Fsp3) is 0.0833. The van der Waals surface area contributed by atoms with E-state index in [4.69, 9.17) is 0 Å². The number of fused-ring (bicyclic) bond motifs is 1. The summed E-state index contributed by atoms with van der Waals surface area (Å²) in [6, 6.07) is 5.58. The summed E-state index contributed by atoms with van der Waals surface area (Å²) in [5.74, 6) is 0.555. The Morgan fingerprint density at radius 1 is 1.39 bits per heavy atom. The Kier molecular flexibility index (Phi) is 2.56. The summed E-state index contributed by atoms with van der Waals surface area (Å²) in [6.45, 7) is 1.82. The first kappa shape index (κ1) is 10.9. The first-order valence-corrected chi connectivity index (χ1v) is 6.27. The maximum absolute atomic E-state index is 12.1. The van der Waals surface area contributed by atoms with E-state index < -0.39 is 0 Å². The van der Waals surface area contributed by atoms with E-state index in [0.29, 0.717) is 10.7 Å². The highest BCUT2D eigenvalue weighted by Crippen LogP contribution is 2.16. The lowest BCUT2D eigenvalue weighted by Gasteiger charge is -2.06. The number of thiazole rings is 1. The number of anilines is 1. The third-order valence-corrected chi connectivity index (χ3v) is 3.55. The Hall–Kier alpha value is -2.21. The molecule has 0 fully saturated rings. The summed E-state index contributed by atoms with van der Waals surface area (Å²) in [7, 11) is 0. The van der Waals surface area contributed by atoms with Gasteiger partial charge in [-0.3, -0.25) is 9.20 Å². The fourth-order valence-corrected chi connectivity index (χ4v) is 2.44. The van der Waals surface area contributed by atoms with Crippen LogP contribution < -0.4 is 5.32 Å². The molecule has 0 saturated heterocycles. The molecular weight excluding hydrogens is 248 g/mol. The minimum atomic E-state index is -0.142. The highest BCUT2D eigenvalue weighted by molar-refractivity contribution is 7.12. The largest absolute Gasteiger partial charge is 0.307 e. The van der Waals surface area contributed by atoms with Crippen molar-refractivity contribution in [2.24, 2.45) is 0 Å². The molecule has 3 heterocycles. The van der Waals surface area contributed by atoms with Crippen LogP contribution in [0.3, 0.4) is 0 Å². The van der Waals surface area contributed by atoms with Crippen LogP contribution >= 0.6 is 11.3 Å². The Bertz CT molecular complexity index is 716. The maximum atomic E-state index is 12.1. The van der Waals surface area contributed by atoms with Crippen molar-refractivity contribution in [3.63, 3.8) is 0 Å². The summed E-state index contributed by atoms with van der Waals surface area (Å²) >= 11 is 1.34. The molecular formula is C12H10N4OS. The van der Waals surface area contributed by atoms with E-state index >= 15 is 0 Å². The molecule has 0 aliphatic heterocycles. The minimum Gasteiger partial charge on any atom is -0.307 e. The van der Waals surface area contributed by atoms with Crippen LogP contribution in [0.5, 0.6) is 0 Å². The van der Waals surface area contributed by atoms with Crippen LogP contribution in [-0.2, 0) is 0 Å². The monoisotopic (exact) mass is 258 g/mol. The molecule has 0 atom stereocenters. The first-order valence-electron chi connectivity index (χ1n) is 5.39. The lowest BCUT2D eigenvalue weighted by molar-refractivity contribution is 0.102. The number of aromatic nitrogens is 3. The van der Waals surface area contributed by atoms with Gasteiger partial charge in [-0.1, -0.05) is 6.07 Å². The summed E-state index contributed by atoms with van der Waals surface area (Å²) < 4.78 is 1.83. The van der Waals surface area contributed by atoms with Crippen molar-refractivity contribution < 1.29 is 4.79 Å². The summed E-state index contributed by atoms with van der Waals surface area (Å²) in [4.78, 5) is 21.0. The van der Waals surface area contributed by atoms with Crippen LogP contribution in [0.15, 0.2) is 36.1 Å². The third kappa shape index (κ3) is 1.76. The Morgan fingerprint density at radius 3 is 3.06 bits per heavy atom. The number of pyridine rings is 1. The second-order valence-electron chi connectivity index (χ2n) is 3.79. The van der Waals surface area contributed by atoms with Crippen molar-refractivity contribution in [2.75, 3.05) is 5.32 Å². The van der Waals surface area contributed by atoms with Gasteiger partial charge in [0.05, 0.1) is 11.2 Å². The van der Waals surface area contributed by atoms with Crippen molar-refractivity contribution in [1.82, 2.24) is 14.4 Å². The van der Waals surface area contributed by atoms with E-state index in [1.165, 1.54) is 11.3 Å². The molecule has 18 heavy (non-hydrogen) atoms. The fourth-order valence-electron chi connectivity index (χ4n) is 1.74. The van der Waals surface area contributed by atoms with E-state index in [-0.39, 0.29) is 5.91 Å². The number of aryl methyl sites for hydroxylation is 1. The lowest BCUT2D eigenvalue weighted by atomic mass is 10.3. The average Bonchev–Trinajstić information content (AvgIpc) is 2.97. The molecule has 3 aromatic heterocycles. The van der Waals surface area contributed by atoms with Crippen LogP contribution in [-0.4, -0.2) is 20.3 Å². The number of rotatable bonds is 2. The van der Waals surface area contributed by atoms with Crippen LogP contribution in [0.2, 0.25) is 0 Å². The van der Waals surface area contributed by atoms with E-state index in [0.717, 1.165) is 11.3 Å². The highest BCUT2D eigenvalue weighted by atomic mass is 32.1. The van der Waals surface area contributed by atoms with Gasteiger partial charge in [0.1, 0.15) is 16.3 Å². The molecule has 3 rings (SSSR count). The van der Waals surface area contributed by atoms with E-state index in [9.17, 15) is 4.79 Å². The number of hydrogen-bond donors (Lipinski definition) is 1. The SMILES string of the molecule is Cc1ncsc1C(=O)Nc1cccc2nccn12. The molecule has 3 aromatic rings. The molecule has 5 nitrogen and oxygen atoms in total. The summed E-state index contributed by atoms with van der Waals surface area (Å²) in [6.07, 6.45) is 3.51. The zero-order chi connectivity index (χ0) is 12.5. The van der Waals surface area contributed by atoms with Gasteiger partial charge in [0.2, 0.25) is 0 Å². The lowest BCUT2D eigenvalue weighted by Crippen LogP contribution is -2.13. The standard InChI is InChI=1S/C12H10N4OS/c1-8-11(18-7-14-8)12(17)15-10-4-2-3-9-13-5-6-16(9)10/h2-7H,1H3,(H,15,17). The normalized spacial score (nSPS) is 10.7. The zero-order valence-corrected chi connectivity index (χ0v) is 10.4. The third-order valence-electron chi connectivity index (χ3n) is 2.62. The van der Waals surface area contributed by atoms with Gasteiger partial charge in [-0.05, 0) is 19.1 Å². The number of imidazole rings is 1. The minimum absolute atomic E-state index is 0.142. The molecule has 6 heteroatoms. The number of carbonyl (C=O) groups excluding carboxylic acids is 1. The molecule has 90 valence electrons. The second-order valence-corrected chi connectivity index (χ2v) is 4.64. The maximum Gasteiger partial charge on any atom is 0.268 e. The highest BCUT2D eigenvalue weighted by Gasteiger charge is 2.13. The molecule has 0 unspecified atom stereocenters. The van der Waals surface area contributed by atoms with Crippen molar-refractivity contribution in [3.05, 3.63) is 46.7 Å². The number of nitrogens with one attached hydrogen (secondary N) is 1. The van der Waals surface area contributed by atoms with Crippen molar-refractivity contribution in [2.45, 2.75) is 6.92 Å². The van der Waals surface area contributed by atoms with Gasteiger partial charge in [0.25, 0.3) is 5.91 Å². The topological polar surface area (TPSA) is 59.3 Å². The number of amides is 1. The Labute approximate surface area is 107 Å². The molecule has 0 aromatic carbocycles. The van der Waals surface area contributed by atoms with Crippen molar-refractivity contribution in [1.29, 1.82) is 0 Å². The van der Waals surface area contributed by atoms with Gasteiger partial charge in [-0.15, -0.1) is 11.3 Å². The molecule has 0 bridgehead atoms. The van der Waals surface area contributed by atoms with Gasteiger partial charge in [0.15, 0.2) is 0 Å². The number of hydrogen-bond acceptors (Lipinski definition) is 4. The Morgan fingerprint density at radius 2 is 2.28 bits per heavy atom. The second kappa shape index (κ2) is 4.23. The van der Waals surface area contributed by atoms with Gasteiger partial charge in [-0.2, -0.15) is 0 Å². The predicted octanol–water partition coefficient (Wildman–Crippen LogP) is 2.35. The predicted molar refractivity (Wildman–Crippen MR) is 70.0 cm³/mol. The Balaban J connectivity index is 1.95. The zero-order valence-electron chi connectivity index (χ0n) is 9.62. The first-order chi connectivity index (χ1) is 8.75. The average molecular weight is 258 g/mol. The van der Waals surface area contributed by atoms with E-state index in [2.05, 4.69) is 15.3 Å². The van der Waals surface area contributed by atoms with Crippen LogP contribution in [0.4, 0.5) is 5.82 Å². The van der Waals surface area contributed by atoms with Gasteiger partial charge in [0, 0.05) is 12.4 Å². The molecule has 0 saturated carbocycles. The van der Waals surface area contributed by atoms with E-state index in [1.54, 1.807) is 11.7 Å². The van der Waals surface area contributed by atoms with Crippen molar-refractivity contribution >= 4 is 28.7 Å². The number of carbonyl (C=O) groups is 1. The van der Waals surface area contributed by atoms with Crippen LogP contribution in [0.1, 0.15) is 15.4 Å². The van der Waals surface area contributed by atoms with Gasteiger partial charge < -0.3 is 5.32 Å². The quantitative estimate of drug-likeness (QED) is 0.767. The molecule has 1 N–H and O–H groups in total. The van der Waals surface area contributed by atoms with E-state index in [1.807, 2.05) is 35.7 Å². The number of nitrogens with zero attached hydrogens (tertiary/aromatic N) is 3. The van der Waals surface area contributed by atoms with Gasteiger partial charge in [-0.25, -0.2) is 9.97 Å². The molecule has 0 spiro atoms. The van der Waals surface area contributed by atoms with Crippen molar-refractivity contribution in [3.8, 4) is 0 Å². The van der Waals surface area contributed by atoms with Crippen LogP contribution in [0, 0.1) is 6.92 Å². The summed E-state index contributed by atoms with van der Waals surface area (Å²) in [5.41, 5.74) is 3.21. The smallest absolute Gasteiger partial charge is 0.268 e. The molecule has 0 aliphatic carbocycles. The van der Waals surface area contributed by atoms with Crippen LogP contribution in [0.25, 0.3) is 5.65 Å². The molecule has 0 aliphatic rings. The van der Waals surface area contributed by atoms with Gasteiger partial charge >= 0.3 is 0 Å². The summed E-state index contributed by atoms with van der Waals surface area (Å²) in [5, 5.41) is 2.87.